The van der Waals surface area contributed by atoms with Gasteiger partial charge in [0.25, 0.3) is 0 Å². The van der Waals surface area contributed by atoms with E-state index in [9.17, 15) is 4.79 Å². The highest BCUT2D eigenvalue weighted by molar-refractivity contribution is 5.66. The van der Waals surface area contributed by atoms with Crippen LogP contribution in [0.15, 0.2) is 72.8 Å². The largest absolute Gasteiger partial charge is 0.481 e. The van der Waals surface area contributed by atoms with Crippen molar-refractivity contribution in [2.24, 2.45) is 5.92 Å². The molecule has 1 aliphatic carbocycles. The maximum atomic E-state index is 10.6. The number of allylic oxidation sites excluding steroid dienone is 2. The molecule has 154 valence electrons. The van der Waals surface area contributed by atoms with Crippen LogP contribution < -0.4 is 0 Å². The first-order valence-corrected chi connectivity index (χ1v) is 10.8. The van der Waals surface area contributed by atoms with Crippen LogP contribution in [-0.4, -0.2) is 17.2 Å². The van der Waals surface area contributed by atoms with Gasteiger partial charge in [-0.1, -0.05) is 72.8 Å². The number of hydrogen-bond acceptors (Lipinski definition) is 2. The zero-order valence-electron chi connectivity index (χ0n) is 17.1. The van der Waals surface area contributed by atoms with Gasteiger partial charge in [0.05, 0.1) is 12.7 Å². The van der Waals surface area contributed by atoms with E-state index in [2.05, 4.69) is 66.7 Å². The van der Waals surface area contributed by atoms with Crippen molar-refractivity contribution in [2.45, 2.75) is 63.6 Å². The van der Waals surface area contributed by atoms with E-state index in [0.29, 0.717) is 31.0 Å². The summed E-state index contributed by atoms with van der Waals surface area (Å²) in [6, 6.07) is 21.2. The molecule has 1 saturated carbocycles. The van der Waals surface area contributed by atoms with E-state index in [1.807, 2.05) is 6.07 Å². The van der Waals surface area contributed by atoms with E-state index < -0.39 is 5.97 Å². The van der Waals surface area contributed by atoms with Crippen LogP contribution in [0.1, 0.15) is 62.0 Å². The minimum atomic E-state index is -0.712. The summed E-state index contributed by atoms with van der Waals surface area (Å²) in [7, 11) is 0. The van der Waals surface area contributed by atoms with E-state index >= 15 is 0 Å². The van der Waals surface area contributed by atoms with Crippen LogP contribution in [0.4, 0.5) is 0 Å². The molecular formula is C26H32O3. The average Bonchev–Trinajstić information content (AvgIpc) is 2.76. The van der Waals surface area contributed by atoms with E-state index in [1.54, 1.807) is 0 Å². The molecule has 29 heavy (non-hydrogen) atoms. The maximum Gasteiger partial charge on any atom is 0.303 e. The SMILES string of the molecule is O=C(O)CCC/C=C\CC1CCC(OCc2ccccc2)CC1c1ccccc1. The molecule has 0 bridgehead atoms. The molecular weight excluding hydrogens is 360 g/mol. The van der Waals surface area contributed by atoms with Gasteiger partial charge < -0.3 is 9.84 Å². The van der Waals surface area contributed by atoms with Crippen molar-refractivity contribution >= 4 is 5.97 Å². The number of hydrogen-bond donors (Lipinski definition) is 1. The average molecular weight is 393 g/mol. The summed E-state index contributed by atoms with van der Waals surface area (Å²) in [5.41, 5.74) is 2.64. The number of carboxylic acid groups (broad SMARTS) is 1. The van der Waals surface area contributed by atoms with Crippen molar-refractivity contribution < 1.29 is 14.6 Å². The summed E-state index contributed by atoms with van der Waals surface area (Å²) < 4.78 is 6.28. The first kappa shape index (κ1) is 21.3. The third-order valence-electron chi connectivity index (χ3n) is 5.87. The van der Waals surface area contributed by atoms with Gasteiger partial charge in [0.1, 0.15) is 0 Å². The fourth-order valence-electron chi connectivity index (χ4n) is 4.28. The lowest BCUT2D eigenvalue weighted by Gasteiger charge is -2.36. The lowest BCUT2D eigenvalue weighted by molar-refractivity contribution is -0.137. The summed E-state index contributed by atoms with van der Waals surface area (Å²) in [5.74, 6) is 0.412. The van der Waals surface area contributed by atoms with Crippen molar-refractivity contribution in [3.63, 3.8) is 0 Å². The van der Waals surface area contributed by atoms with Gasteiger partial charge >= 0.3 is 5.97 Å². The summed E-state index contributed by atoms with van der Waals surface area (Å²) >= 11 is 0. The van der Waals surface area contributed by atoms with Gasteiger partial charge in [-0.15, -0.1) is 0 Å². The molecule has 3 heteroatoms. The maximum absolute atomic E-state index is 10.6. The van der Waals surface area contributed by atoms with Crippen LogP contribution >= 0.6 is 0 Å². The van der Waals surface area contributed by atoms with Gasteiger partial charge in [-0.2, -0.15) is 0 Å². The van der Waals surface area contributed by atoms with Gasteiger partial charge in [0.2, 0.25) is 0 Å². The quantitative estimate of drug-likeness (QED) is 0.378. The molecule has 1 N–H and O–H groups in total. The number of unbranched alkanes of at least 4 members (excludes halogenated alkanes) is 1. The van der Waals surface area contributed by atoms with Crippen molar-refractivity contribution in [3.05, 3.63) is 83.9 Å². The molecule has 0 amide bonds. The molecule has 0 radical (unpaired) electrons. The second kappa shape index (κ2) is 11.6. The zero-order valence-corrected chi connectivity index (χ0v) is 17.1. The Morgan fingerprint density at radius 2 is 1.72 bits per heavy atom. The third-order valence-corrected chi connectivity index (χ3v) is 5.87. The molecule has 0 aromatic heterocycles. The van der Waals surface area contributed by atoms with Crippen molar-refractivity contribution in [1.29, 1.82) is 0 Å². The van der Waals surface area contributed by atoms with E-state index in [-0.39, 0.29) is 6.42 Å². The van der Waals surface area contributed by atoms with Gasteiger partial charge in [0, 0.05) is 6.42 Å². The predicted molar refractivity (Wildman–Crippen MR) is 117 cm³/mol. The van der Waals surface area contributed by atoms with Crippen LogP contribution in [0.5, 0.6) is 0 Å². The number of benzene rings is 2. The van der Waals surface area contributed by atoms with Gasteiger partial charge in [0.15, 0.2) is 0 Å². The molecule has 3 rings (SSSR count). The summed E-state index contributed by atoms with van der Waals surface area (Å²) in [6.45, 7) is 0.682. The van der Waals surface area contributed by atoms with Crippen LogP contribution in [0.2, 0.25) is 0 Å². The van der Waals surface area contributed by atoms with E-state index in [1.165, 1.54) is 17.5 Å². The molecule has 3 nitrogen and oxygen atoms in total. The van der Waals surface area contributed by atoms with Crippen LogP contribution in [0, 0.1) is 5.92 Å². The second-order valence-corrected chi connectivity index (χ2v) is 8.00. The second-order valence-electron chi connectivity index (χ2n) is 8.00. The topological polar surface area (TPSA) is 46.5 Å². The molecule has 2 aromatic rings. The Bertz CT molecular complexity index is 754. The smallest absolute Gasteiger partial charge is 0.303 e. The minimum Gasteiger partial charge on any atom is -0.481 e. The summed E-state index contributed by atoms with van der Waals surface area (Å²) in [5, 5.41) is 8.74. The fourth-order valence-corrected chi connectivity index (χ4v) is 4.28. The first-order chi connectivity index (χ1) is 14.2. The molecule has 0 saturated heterocycles. The van der Waals surface area contributed by atoms with Crippen LogP contribution in [0.3, 0.4) is 0 Å². The van der Waals surface area contributed by atoms with Crippen molar-refractivity contribution in [3.8, 4) is 0 Å². The standard InChI is InChI=1S/C26H32O3/c27-26(28)16-10-2-1-7-15-23-17-18-24(29-20-21-11-5-3-6-12-21)19-25(23)22-13-8-4-9-14-22/h1,3-9,11-14,23-25H,2,10,15-20H2,(H,27,28)/b7-1-. The number of ether oxygens (including phenoxy) is 1. The molecule has 3 atom stereocenters. The highest BCUT2D eigenvalue weighted by Crippen LogP contribution is 2.41. The Balaban J connectivity index is 1.56. The fraction of sp³-hybridized carbons (Fsp3) is 0.423. The van der Waals surface area contributed by atoms with Crippen molar-refractivity contribution in [2.75, 3.05) is 0 Å². The predicted octanol–water partition coefficient (Wildman–Crippen LogP) is 6.36. The molecule has 1 fully saturated rings. The number of aliphatic carboxylic acids is 1. The Morgan fingerprint density at radius 1 is 1.00 bits per heavy atom. The molecule has 0 spiro atoms. The van der Waals surface area contributed by atoms with E-state index in [4.69, 9.17) is 9.84 Å². The van der Waals surface area contributed by atoms with Crippen LogP contribution in [-0.2, 0) is 16.1 Å². The Kier molecular flexibility index (Phi) is 8.51. The van der Waals surface area contributed by atoms with Gasteiger partial charge in [-0.25, -0.2) is 0 Å². The summed E-state index contributed by atoms with van der Waals surface area (Å²) in [4.78, 5) is 10.6. The monoisotopic (exact) mass is 392 g/mol. The molecule has 0 aliphatic heterocycles. The van der Waals surface area contributed by atoms with Crippen LogP contribution in [0.25, 0.3) is 0 Å². The lowest BCUT2D eigenvalue weighted by Crippen LogP contribution is -2.28. The number of carbonyl (C=O) groups is 1. The first-order valence-electron chi connectivity index (χ1n) is 10.8. The van der Waals surface area contributed by atoms with Crippen molar-refractivity contribution in [1.82, 2.24) is 0 Å². The minimum absolute atomic E-state index is 0.251. The normalized spacial score (nSPS) is 22.0. The molecule has 3 unspecified atom stereocenters. The van der Waals surface area contributed by atoms with E-state index in [0.717, 1.165) is 25.7 Å². The summed E-state index contributed by atoms with van der Waals surface area (Å²) in [6.07, 6.45) is 10.9. The molecule has 2 aromatic carbocycles. The number of rotatable bonds is 10. The third kappa shape index (κ3) is 7.17. The Hall–Kier alpha value is -2.39. The highest BCUT2D eigenvalue weighted by Gasteiger charge is 2.31. The Labute approximate surface area is 174 Å². The molecule has 0 heterocycles. The number of carboxylic acids is 1. The Morgan fingerprint density at radius 3 is 2.45 bits per heavy atom. The van der Waals surface area contributed by atoms with Gasteiger partial charge in [-0.05, 0) is 61.5 Å². The highest BCUT2D eigenvalue weighted by atomic mass is 16.5. The van der Waals surface area contributed by atoms with Gasteiger partial charge in [-0.3, -0.25) is 4.79 Å². The zero-order chi connectivity index (χ0) is 20.3. The molecule has 1 aliphatic rings. The lowest BCUT2D eigenvalue weighted by atomic mass is 9.73.